The molecule has 0 spiro atoms. The molecule has 0 saturated carbocycles. The minimum Gasteiger partial charge on any atom is -0.443 e. The number of imide groups is 1. The quantitative estimate of drug-likeness (QED) is 0.536. The average Bonchev–Trinajstić information content (AvgIpc) is 3.02. The van der Waals surface area contributed by atoms with Gasteiger partial charge in [0, 0.05) is 0 Å². The summed E-state index contributed by atoms with van der Waals surface area (Å²) in [6, 6.07) is 7.89. The van der Waals surface area contributed by atoms with E-state index in [0.717, 1.165) is 30.3 Å². The van der Waals surface area contributed by atoms with Crippen molar-refractivity contribution >= 4 is 22.0 Å². The predicted octanol–water partition coefficient (Wildman–Crippen LogP) is 5.16. The van der Waals surface area contributed by atoms with Crippen molar-refractivity contribution in [3.05, 3.63) is 65.5 Å². The van der Waals surface area contributed by atoms with Crippen LogP contribution in [0.3, 0.4) is 0 Å². The standard InChI is InChI=1S/C22H21F4NO6S/c1-21(2,3)33-20(29)27-17(18(32-19(27)28)14-7-9-15(23)10-8-14)12-13-5-4-6-16(11-13)34(30,31)22(24,25)26/h4-11,17-18H,12H2,1-3H3. The molecule has 0 N–H and O–H groups in total. The summed E-state index contributed by atoms with van der Waals surface area (Å²) in [4.78, 5) is 25.1. The van der Waals surface area contributed by atoms with E-state index in [4.69, 9.17) is 9.47 Å². The molecule has 2 atom stereocenters. The Morgan fingerprint density at radius 3 is 2.26 bits per heavy atom. The maximum absolute atomic E-state index is 13.4. The summed E-state index contributed by atoms with van der Waals surface area (Å²) in [5.41, 5.74) is -6.06. The van der Waals surface area contributed by atoms with Gasteiger partial charge in [0.15, 0.2) is 6.10 Å². The zero-order valence-electron chi connectivity index (χ0n) is 18.3. The molecule has 1 aliphatic heterocycles. The van der Waals surface area contributed by atoms with E-state index in [1.807, 2.05) is 0 Å². The van der Waals surface area contributed by atoms with E-state index < -0.39 is 56.0 Å². The fraction of sp³-hybridized carbons (Fsp3) is 0.364. The van der Waals surface area contributed by atoms with Gasteiger partial charge in [0.05, 0.1) is 10.9 Å². The van der Waals surface area contributed by atoms with Crippen molar-refractivity contribution in [2.45, 2.75) is 55.3 Å². The first-order valence-corrected chi connectivity index (χ1v) is 11.5. The van der Waals surface area contributed by atoms with Crippen LogP contribution < -0.4 is 0 Å². The highest BCUT2D eigenvalue weighted by atomic mass is 32.2. The van der Waals surface area contributed by atoms with E-state index in [1.54, 1.807) is 20.8 Å². The van der Waals surface area contributed by atoms with E-state index in [1.165, 1.54) is 18.2 Å². The average molecular weight is 503 g/mol. The van der Waals surface area contributed by atoms with Crippen molar-refractivity contribution < 1.29 is 45.0 Å². The smallest absolute Gasteiger partial charge is 0.443 e. The fourth-order valence-electron chi connectivity index (χ4n) is 3.39. The number of hydrogen-bond acceptors (Lipinski definition) is 6. The van der Waals surface area contributed by atoms with Crippen molar-refractivity contribution in [2.75, 3.05) is 0 Å². The molecule has 1 fully saturated rings. The van der Waals surface area contributed by atoms with Crippen LogP contribution >= 0.6 is 0 Å². The second kappa shape index (κ2) is 8.90. The molecule has 12 heteroatoms. The molecule has 0 aliphatic carbocycles. The highest BCUT2D eigenvalue weighted by Crippen LogP contribution is 2.37. The summed E-state index contributed by atoms with van der Waals surface area (Å²) < 4.78 is 86.6. The maximum atomic E-state index is 13.4. The molecule has 184 valence electrons. The topological polar surface area (TPSA) is 90.0 Å². The third-order valence-electron chi connectivity index (χ3n) is 4.85. The summed E-state index contributed by atoms with van der Waals surface area (Å²) >= 11 is 0. The Morgan fingerprint density at radius 1 is 1.09 bits per heavy atom. The molecule has 2 aromatic carbocycles. The highest BCUT2D eigenvalue weighted by molar-refractivity contribution is 7.92. The number of halogens is 4. The molecule has 2 aromatic rings. The first kappa shape index (κ1) is 25.5. The van der Waals surface area contributed by atoms with E-state index in [2.05, 4.69) is 0 Å². The minimum absolute atomic E-state index is 0.0919. The lowest BCUT2D eigenvalue weighted by atomic mass is 9.96. The molecule has 2 amide bonds. The third-order valence-corrected chi connectivity index (χ3v) is 6.34. The summed E-state index contributed by atoms with van der Waals surface area (Å²) in [5, 5.41) is 0. The molecule has 0 bridgehead atoms. The Kier molecular flexibility index (Phi) is 6.66. The van der Waals surface area contributed by atoms with Crippen molar-refractivity contribution in [1.29, 1.82) is 0 Å². The second-order valence-corrected chi connectivity index (χ2v) is 10.5. The molecule has 0 aromatic heterocycles. The van der Waals surface area contributed by atoms with Gasteiger partial charge in [-0.05, 0) is 62.6 Å². The van der Waals surface area contributed by atoms with Gasteiger partial charge in [-0.15, -0.1) is 0 Å². The van der Waals surface area contributed by atoms with Gasteiger partial charge in [0.2, 0.25) is 0 Å². The molecule has 1 aliphatic rings. The van der Waals surface area contributed by atoms with Crippen molar-refractivity contribution in [2.24, 2.45) is 0 Å². The molecule has 2 unspecified atom stereocenters. The predicted molar refractivity (Wildman–Crippen MR) is 111 cm³/mol. The van der Waals surface area contributed by atoms with Gasteiger partial charge in [-0.2, -0.15) is 13.2 Å². The van der Waals surface area contributed by atoms with Gasteiger partial charge in [-0.3, -0.25) is 0 Å². The number of cyclic esters (lactones) is 1. The van der Waals surface area contributed by atoms with Crippen LogP contribution in [0.1, 0.15) is 38.0 Å². The number of hydrogen-bond donors (Lipinski definition) is 0. The maximum Gasteiger partial charge on any atom is 0.501 e. The normalized spacial score (nSPS) is 19.1. The third kappa shape index (κ3) is 5.32. The largest absolute Gasteiger partial charge is 0.501 e. The number of amides is 2. The second-order valence-electron chi connectivity index (χ2n) is 8.57. The van der Waals surface area contributed by atoms with Gasteiger partial charge in [-0.25, -0.2) is 27.3 Å². The number of nitrogens with zero attached hydrogens (tertiary/aromatic N) is 1. The SMILES string of the molecule is CC(C)(C)OC(=O)N1C(=O)OC(c2ccc(F)cc2)C1Cc1cccc(S(=O)(=O)C(F)(F)F)c1. The minimum atomic E-state index is -5.61. The van der Waals surface area contributed by atoms with Crippen molar-refractivity contribution in [1.82, 2.24) is 4.90 Å². The number of carbonyl (C=O) groups is 2. The zero-order chi connectivity index (χ0) is 25.5. The van der Waals surface area contributed by atoms with Gasteiger partial charge in [-0.1, -0.05) is 24.3 Å². The van der Waals surface area contributed by atoms with Crippen LogP contribution in [0, 0.1) is 5.82 Å². The van der Waals surface area contributed by atoms with Gasteiger partial charge < -0.3 is 9.47 Å². The molecule has 34 heavy (non-hydrogen) atoms. The van der Waals surface area contributed by atoms with E-state index >= 15 is 0 Å². The number of alkyl halides is 3. The Labute approximate surface area is 193 Å². The van der Waals surface area contributed by atoms with Crippen LogP contribution in [-0.2, 0) is 25.7 Å². The van der Waals surface area contributed by atoms with E-state index in [0.29, 0.717) is 10.5 Å². The lowest BCUT2D eigenvalue weighted by Gasteiger charge is -2.27. The number of benzene rings is 2. The first-order valence-electron chi connectivity index (χ1n) is 9.99. The van der Waals surface area contributed by atoms with E-state index in [-0.39, 0.29) is 12.0 Å². The van der Waals surface area contributed by atoms with Gasteiger partial charge in [0.1, 0.15) is 11.4 Å². The summed E-state index contributed by atoms with van der Waals surface area (Å²) in [6.45, 7) is 4.72. The fourth-order valence-corrected chi connectivity index (χ4v) is 4.22. The Bertz CT molecular complexity index is 1190. The van der Waals surface area contributed by atoms with Crippen LogP contribution in [0.2, 0.25) is 0 Å². The van der Waals surface area contributed by atoms with Crippen LogP contribution in [-0.4, -0.2) is 42.7 Å². The Hall–Kier alpha value is -3.15. The summed E-state index contributed by atoms with van der Waals surface area (Å²) in [6.07, 6.45) is -3.48. The molecule has 3 rings (SSSR count). The zero-order valence-corrected chi connectivity index (χ0v) is 19.1. The first-order chi connectivity index (χ1) is 15.6. The molecular weight excluding hydrogens is 482 g/mol. The number of carbonyl (C=O) groups excluding carboxylic acids is 2. The van der Waals surface area contributed by atoms with Crippen LogP contribution in [0.4, 0.5) is 27.2 Å². The van der Waals surface area contributed by atoms with Crippen LogP contribution in [0.25, 0.3) is 0 Å². The monoisotopic (exact) mass is 503 g/mol. The number of rotatable bonds is 4. The lowest BCUT2D eigenvalue weighted by Crippen LogP contribution is -2.43. The summed E-state index contributed by atoms with van der Waals surface area (Å²) in [5.74, 6) is -0.557. The molecule has 0 radical (unpaired) electrons. The molecule has 7 nitrogen and oxygen atoms in total. The molecule has 1 saturated heterocycles. The van der Waals surface area contributed by atoms with Crippen molar-refractivity contribution in [3.63, 3.8) is 0 Å². The van der Waals surface area contributed by atoms with E-state index in [9.17, 15) is 35.6 Å². The number of ether oxygens (including phenoxy) is 2. The molecular formula is C22H21F4NO6S. The van der Waals surface area contributed by atoms with Crippen LogP contribution in [0.15, 0.2) is 53.4 Å². The van der Waals surface area contributed by atoms with Crippen molar-refractivity contribution in [3.8, 4) is 0 Å². The van der Waals surface area contributed by atoms with Gasteiger partial charge in [0.25, 0.3) is 9.84 Å². The van der Waals surface area contributed by atoms with Crippen LogP contribution in [0.5, 0.6) is 0 Å². The summed E-state index contributed by atoms with van der Waals surface area (Å²) in [7, 11) is -5.61. The highest BCUT2D eigenvalue weighted by Gasteiger charge is 2.49. The Morgan fingerprint density at radius 2 is 1.71 bits per heavy atom. The number of sulfone groups is 1. The molecule has 1 heterocycles. The lowest BCUT2D eigenvalue weighted by molar-refractivity contribution is -0.0436. The van der Waals surface area contributed by atoms with Gasteiger partial charge >= 0.3 is 17.7 Å². The Balaban J connectivity index is 2.02.